The van der Waals surface area contributed by atoms with Gasteiger partial charge < -0.3 is 0 Å². The molecule has 1 saturated heterocycles. The summed E-state index contributed by atoms with van der Waals surface area (Å²) in [4.78, 5) is 0. The summed E-state index contributed by atoms with van der Waals surface area (Å²) in [6.07, 6.45) is 6.80. The van der Waals surface area contributed by atoms with E-state index in [0.29, 0.717) is 0 Å². The summed E-state index contributed by atoms with van der Waals surface area (Å²) in [5.74, 6) is 0. The molecular weight excluding hydrogens is 315 g/mol. The molecule has 2 aliphatic heterocycles. The average Bonchev–Trinajstić information content (AvgIpc) is 3.08. The van der Waals surface area contributed by atoms with Crippen molar-refractivity contribution < 1.29 is 4.57 Å². The molecule has 21 heavy (non-hydrogen) atoms. The van der Waals surface area contributed by atoms with Crippen LogP contribution in [-0.2, 0) is 13.5 Å². The van der Waals surface area contributed by atoms with Crippen LogP contribution in [0.1, 0.15) is 24.0 Å². The second-order valence-electron chi connectivity index (χ2n) is 7.01. The fraction of sp³-hybridized carbons (Fsp3) is 0.421. The Morgan fingerprint density at radius 1 is 1.05 bits per heavy atom. The minimum atomic E-state index is -1.68. The van der Waals surface area contributed by atoms with E-state index in [9.17, 15) is 0 Å². The van der Waals surface area contributed by atoms with Gasteiger partial charge in [0, 0.05) is 0 Å². The predicted octanol–water partition coefficient (Wildman–Crippen LogP) is 3.49. The SMILES string of the molecule is Cc1ccccc1-c1c[c]2c(c[n+]1C)C[CH2][Ge]21[CH2]CC[CH2]1. The van der Waals surface area contributed by atoms with Gasteiger partial charge in [0.25, 0.3) is 0 Å². The Balaban J connectivity index is 1.89. The zero-order chi connectivity index (χ0) is 14.4. The molecule has 1 aromatic carbocycles. The molecule has 0 unspecified atom stereocenters. The summed E-state index contributed by atoms with van der Waals surface area (Å²) < 4.78 is 4.21. The standard InChI is InChI=1S/C19H24GeN/c1-15-7-3-4-8-17(15)19-13-18-16(14-21(19)2)9-12-20(18)10-5-6-11-20/h3-4,7-8,13-14H,5-6,9-12H2,1-2H3/q+1. The van der Waals surface area contributed by atoms with Crippen molar-refractivity contribution in [1.82, 2.24) is 0 Å². The number of hydrogen-bond donors (Lipinski definition) is 0. The monoisotopic (exact) mass is 340 g/mol. The summed E-state index contributed by atoms with van der Waals surface area (Å²) in [7, 11) is 2.22. The van der Waals surface area contributed by atoms with Gasteiger partial charge in [-0.3, -0.25) is 0 Å². The molecule has 1 nitrogen and oxygen atoms in total. The number of aromatic nitrogens is 1. The Morgan fingerprint density at radius 3 is 2.57 bits per heavy atom. The summed E-state index contributed by atoms with van der Waals surface area (Å²) in [6, 6.07) is 11.4. The molecule has 1 aromatic heterocycles. The van der Waals surface area contributed by atoms with Crippen molar-refractivity contribution in [2.45, 2.75) is 41.9 Å². The number of aryl methyl sites for hydroxylation is 3. The Kier molecular flexibility index (Phi) is 3.22. The van der Waals surface area contributed by atoms with Crippen LogP contribution in [0.25, 0.3) is 11.3 Å². The molecule has 4 rings (SSSR count). The van der Waals surface area contributed by atoms with Crippen LogP contribution in [0.5, 0.6) is 0 Å². The molecule has 2 heteroatoms. The Morgan fingerprint density at radius 2 is 1.81 bits per heavy atom. The first-order valence-electron chi connectivity index (χ1n) is 8.29. The first-order chi connectivity index (χ1) is 10.2. The quantitative estimate of drug-likeness (QED) is 0.553. The van der Waals surface area contributed by atoms with Gasteiger partial charge in [-0.15, -0.1) is 0 Å². The van der Waals surface area contributed by atoms with Crippen molar-refractivity contribution in [3.05, 3.63) is 47.7 Å². The van der Waals surface area contributed by atoms with E-state index >= 15 is 0 Å². The van der Waals surface area contributed by atoms with Crippen LogP contribution in [0.4, 0.5) is 0 Å². The number of rotatable bonds is 1. The van der Waals surface area contributed by atoms with Gasteiger partial charge >= 0.3 is 130 Å². The van der Waals surface area contributed by atoms with Gasteiger partial charge in [0.15, 0.2) is 0 Å². The second-order valence-corrected chi connectivity index (χ2v) is 16.7. The van der Waals surface area contributed by atoms with E-state index in [1.807, 2.05) is 4.40 Å². The van der Waals surface area contributed by atoms with Gasteiger partial charge in [0.05, 0.1) is 0 Å². The van der Waals surface area contributed by atoms with E-state index in [1.165, 1.54) is 36.1 Å². The third-order valence-corrected chi connectivity index (χ3v) is 17.2. The number of benzene rings is 1. The summed E-state index contributed by atoms with van der Waals surface area (Å²) >= 11 is -1.68. The van der Waals surface area contributed by atoms with Crippen molar-refractivity contribution in [2.75, 3.05) is 0 Å². The van der Waals surface area contributed by atoms with Gasteiger partial charge in [-0.05, 0) is 0 Å². The Hall–Kier alpha value is -1.09. The van der Waals surface area contributed by atoms with Gasteiger partial charge in [-0.25, -0.2) is 0 Å². The van der Waals surface area contributed by atoms with Crippen LogP contribution in [-0.4, -0.2) is 13.3 Å². The van der Waals surface area contributed by atoms with Crippen molar-refractivity contribution in [2.24, 2.45) is 7.05 Å². The third kappa shape index (κ3) is 2.09. The number of pyridine rings is 1. The number of hydrogen-bond acceptors (Lipinski definition) is 0. The molecular formula is C19H24GeN+. The van der Waals surface area contributed by atoms with E-state index in [1.54, 1.807) is 21.3 Å². The van der Waals surface area contributed by atoms with Gasteiger partial charge in [-0.2, -0.15) is 0 Å². The van der Waals surface area contributed by atoms with Gasteiger partial charge in [-0.1, -0.05) is 0 Å². The Bertz CT molecular complexity index is 699. The number of nitrogens with zero attached hydrogens (tertiary/aromatic N) is 1. The molecule has 1 spiro atoms. The van der Waals surface area contributed by atoms with Crippen LogP contribution >= 0.6 is 0 Å². The van der Waals surface area contributed by atoms with E-state index in [2.05, 4.69) is 55.1 Å². The molecule has 2 aromatic rings. The van der Waals surface area contributed by atoms with E-state index in [-0.39, 0.29) is 0 Å². The van der Waals surface area contributed by atoms with Crippen molar-refractivity contribution in [3.8, 4) is 11.3 Å². The predicted molar refractivity (Wildman–Crippen MR) is 90.5 cm³/mol. The van der Waals surface area contributed by atoms with Crippen molar-refractivity contribution >= 4 is 17.7 Å². The molecule has 3 heterocycles. The third-order valence-electron chi connectivity index (χ3n) is 5.78. The molecule has 0 radical (unpaired) electrons. The maximum atomic E-state index is 2.59. The first kappa shape index (κ1) is 13.6. The Labute approximate surface area is 130 Å². The van der Waals surface area contributed by atoms with Crippen molar-refractivity contribution in [3.63, 3.8) is 0 Å². The van der Waals surface area contributed by atoms with Crippen LogP contribution in [0.2, 0.25) is 15.8 Å². The molecule has 0 aliphatic carbocycles. The summed E-state index contributed by atoms with van der Waals surface area (Å²) in [6.45, 7) is 2.23. The number of fused-ring (bicyclic) bond motifs is 2. The second kappa shape index (κ2) is 4.98. The molecule has 0 bridgehead atoms. The van der Waals surface area contributed by atoms with Crippen LogP contribution in [0.3, 0.4) is 0 Å². The molecule has 0 N–H and O–H groups in total. The van der Waals surface area contributed by atoms with E-state index in [4.69, 9.17) is 0 Å². The molecule has 2 aliphatic rings. The summed E-state index contributed by atoms with van der Waals surface area (Å²) in [5.41, 5.74) is 5.90. The normalized spacial score (nSPS) is 19.1. The maximum absolute atomic E-state index is 2.59. The first-order valence-corrected chi connectivity index (χ1v) is 13.8. The van der Waals surface area contributed by atoms with Gasteiger partial charge in [0.2, 0.25) is 0 Å². The molecule has 108 valence electrons. The zero-order valence-corrected chi connectivity index (χ0v) is 15.3. The van der Waals surface area contributed by atoms with Crippen LogP contribution in [0.15, 0.2) is 36.5 Å². The van der Waals surface area contributed by atoms with E-state index in [0.717, 1.165) is 0 Å². The molecule has 0 amide bonds. The van der Waals surface area contributed by atoms with Crippen LogP contribution < -0.4 is 8.96 Å². The molecule has 1 fully saturated rings. The fourth-order valence-electron chi connectivity index (χ4n) is 4.60. The minimum absolute atomic E-state index is 1.36. The average molecular weight is 339 g/mol. The fourth-order valence-corrected chi connectivity index (χ4v) is 16.1. The molecule has 0 atom stereocenters. The van der Waals surface area contributed by atoms with Gasteiger partial charge in [0.1, 0.15) is 0 Å². The summed E-state index contributed by atoms with van der Waals surface area (Å²) in [5, 5.41) is 4.74. The topological polar surface area (TPSA) is 3.88 Å². The zero-order valence-electron chi connectivity index (χ0n) is 13.2. The van der Waals surface area contributed by atoms with Crippen LogP contribution in [0, 0.1) is 6.92 Å². The van der Waals surface area contributed by atoms with E-state index < -0.39 is 13.3 Å². The van der Waals surface area contributed by atoms with Crippen molar-refractivity contribution in [1.29, 1.82) is 0 Å². The molecule has 0 saturated carbocycles.